The number of hydrogen-bond acceptors (Lipinski definition) is 3. The van der Waals surface area contributed by atoms with E-state index in [4.69, 9.17) is 5.73 Å². The molecule has 2 atom stereocenters. The molecule has 2 aliphatic rings. The number of aromatic amines is 1. The highest BCUT2D eigenvalue weighted by Crippen LogP contribution is 2.39. The minimum Gasteiger partial charge on any atom is -0.349 e. The summed E-state index contributed by atoms with van der Waals surface area (Å²) >= 11 is 3.16. The topological polar surface area (TPSA) is 88.0 Å². The van der Waals surface area contributed by atoms with E-state index in [0.717, 1.165) is 25.7 Å². The summed E-state index contributed by atoms with van der Waals surface area (Å²) in [6.07, 6.45) is 6.98. The van der Waals surface area contributed by atoms with Gasteiger partial charge < -0.3 is 16.0 Å². The van der Waals surface area contributed by atoms with Crippen LogP contribution in [0, 0.1) is 11.8 Å². The van der Waals surface area contributed by atoms with Gasteiger partial charge in [0, 0.05) is 18.3 Å². The van der Waals surface area contributed by atoms with Gasteiger partial charge in [-0.15, -0.1) is 12.4 Å². The van der Waals surface area contributed by atoms with Gasteiger partial charge in [0.1, 0.15) is 0 Å². The van der Waals surface area contributed by atoms with Crippen LogP contribution in [0.3, 0.4) is 0 Å². The monoisotopic (exact) mass is 389 g/mol. The Morgan fingerprint density at radius 1 is 1.32 bits per heavy atom. The molecule has 0 aromatic carbocycles. The molecule has 2 aliphatic carbocycles. The third kappa shape index (κ3) is 3.55. The zero-order valence-electron chi connectivity index (χ0n) is 12.2. The summed E-state index contributed by atoms with van der Waals surface area (Å²) in [6, 6.07) is 2.06. The van der Waals surface area contributed by atoms with Crippen molar-refractivity contribution in [3.8, 4) is 0 Å². The van der Waals surface area contributed by atoms with Gasteiger partial charge in [-0.25, -0.2) is 0 Å². The summed E-state index contributed by atoms with van der Waals surface area (Å²) in [4.78, 5) is 26.3. The zero-order chi connectivity index (χ0) is 15.0. The lowest BCUT2D eigenvalue weighted by molar-refractivity contribution is 0.0755. The number of hydrogen-bond donors (Lipinski definition) is 3. The highest BCUT2D eigenvalue weighted by molar-refractivity contribution is 9.10. The Labute approximate surface area is 144 Å². The van der Waals surface area contributed by atoms with E-state index >= 15 is 0 Å². The molecular formula is C15H21BrClN3O2. The molecule has 122 valence electrons. The van der Waals surface area contributed by atoms with Crippen LogP contribution in [0.2, 0.25) is 0 Å². The average Bonchev–Trinajstić information content (AvgIpc) is 2.42. The van der Waals surface area contributed by atoms with Gasteiger partial charge in [0.2, 0.25) is 0 Å². The fourth-order valence-corrected chi connectivity index (χ4v) is 4.21. The van der Waals surface area contributed by atoms with Gasteiger partial charge in [0.05, 0.1) is 10.0 Å². The predicted octanol–water partition coefficient (Wildman–Crippen LogP) is 2.20. The number of aromatic nitrogens is 1. The lowest BCUT2D eigenvalue weighted by Crippen LogP contribution is -2.53. The number of carbonyl (C=O) groups is 1. The molecule has 7 heteroatoms. The largest absolute Gasteiger partial charge is 0.349 e. The van der Waals surface area contributed by atoms with Gasteiger partial charge in [0.25, 0.3) is 11.5 Å². The molecule has 4 N–H and O–H groups in total. The van der Waals surface area contributed by atoms with E-state index in [2.05, 4.69) is 26.2 Å². The second-order valence-electron chi connectivity index (χ2n) is 6.25. The Morgan fingerprint density at radius 2 is 1.95 bits per heavy atom. The van der Waals surface area contributed by atoms with E-state index in [1.165, 1.54) is 12.6 Å². The number of fused-ring (bicyclic) bond motifs is 2. The zero-order valence-corrected chi connectivity index (χ0v) is 14.6. The number of rotatable bonds is 2. The number of nitrogens with two attached hydrogens (primary N) is 1. The van der Waals surface area contributed by atoms with E-state index in [1.807, 2.05) is 0 Å². The van der Waals surface area contributed by atoms with Crippen molar-refractivity contribution in [1.29, 1.82) is 0 Å². The molecule has 2 saturated carbocycles. The number of amides is 1. The van der Waals surface area contributed by atoms with Crippen LogP contribution in [-0.4, -0.2) is 23.0 Å². The average molecular weight is 391 g/mol. The first-order valence-electron chi connectivity index (χ1n) is 7.49. The number of carbonyl (C=O) groups excluding carboxylic acids is 1. The smallest absolute Gasteiger partial charge is 0.262 e. The lowest BCUT2D eigenvalue weighted by Gasteiger charge is -2.45. The van der Waals surface area contributed by atoms with Crippen LogP contribution in [0.4, 0.5) is 0 Å². The summed E-state index contributed by atoms with van der Waals surface area (Å²) in [5, 5.41) is 3.17. The summed E-state index contributed by atoms with van der Waals surface area (Å²) in [5.74, 6) is 0.856. The van der Waals surface area contributed by atoms with Crippen LogP contribution in [0.25, 0.3) is 0 Å². The Hall–Kier alpha value is -0.850. The van der Waals surface area contributed by atoms with E-state index in [1.54, 1.807) is 6.07 Å². The van der Waals surface area contributed by atoms with Crippen LogP contribution >= 0.6 is 28.3 Å². The number of pyridine rings is 1. The second kappa shape index (κ2) is 7.15. The second-order valence-corrected chi connectivity index (χ2v) is 7.10. The van der Waals surface area contributed by atoms with Crippen LogP contribution in [0.1, 0.15) is 42.5 Å². The number of halogens is 2. The molecule has 0 aliphatic heterocycles. The highest BCUT2D eigenvalue weighted by Gasteiger charge is 2.39. The van der Waals surface area contributed by atoms with Crippen LogP contribution in [0.5, 0.6) is 0 Å². The Kier molecular flexibility index (Phi) is 5.69. The van der Waals surface area contributed by atoms with E-state index < -0.39 is 0 Å². The summed E-state index contributed by atoms with van der Waals surface area (Å²) in [5.41, 5.74) is 6.36. The maximum atomic E-state index is 12.4. The highest BCUT2D eigenvalue weighted by atomic mass is 79.9. The summed E-state index contributed by atoms with van der Waals surface area (Å²) in [6.45, 7) is 0. The van der Waals surface area contributed by atoms with Crippen molar-refractivity contribution >= 4 is 34.2 Å². The van der Waals surface area contributed by atoms with Gasteiger partial charge in [-0.2, -0.15) is 0 Å². The molecule has 0 saturated heterocycles. The molecule has 1 aromatic heterocycles. The van der Waals surface area contributed by atoms with E-state index in [9.17, 15) is 9.59 Å². The van der Waals surface area contributed by atoms with Crippen LogP contribution < -0.4 is 16.6 Å². The number of H-pyrrole nitrogens is 1. The maximum absolute atomic E-state index is 12.4. The van der Waals surface area contributed by atoms with E-state index in [0.29, 0.717) is 21.9 Å². The standard InChI is InChI=1S/C15H20BrN3O2.ClH/c16-12-6-10(7-18-15(12)21)14(20)19-13-8-2-1-3-9(13)5-11(17)4-8;/h6-9,11,13H,1-5,17H2,(H,18,21)(H,19,20);1H. The molecule has 0 spiro atoms. The van der Waals surface area contributed by atoms with Crippen molar-refractivity contribution in [2.75, 3.05) is 0 Å². The van der Waals surface area contributed by atoms with E-state index in [-0.39, 0.29) is 36.0 Å². The molecule has 22 heavy (non-hydrogen) atoms. The normalized spacial score (nSPS) is 30.3. The van der Waals surface area contributed by atoms with Crippen LogP contribution in [-0.2, 0) is 0 Å². The van der Waals surface area contributed by atoms with Crippen molar-refractivity contribution in [2.45, 2.75) is 44.2 Å². The van der Waals surface area contributed by atoms with Gasteiger partial charge >= 0.3 is 0 Å². The molecule has 2 unspecified atom stereocenters. The Balaban J connectivity index is 0.00000176. The molecule has 1 aromatic rings. The first-order valence-corrected chi connectivity index (χ1v) is 8.28. The van der Waals surface area contributed by atoms with Crippen molar-refractivity contribution in [1.82, 2.24) is 10.3 Å². The quantitative estimate of drug-likeness (QED) is 0.723. The first kappa shape index (κ1) is 17.5. The minimum absolute atomic E-state index is 0. The van der Waals surface area contributed by atoms with Crippen molar-refractivity contribution in [3.05, 3.63) is 32.7 Å². The SMILES string of the molecule is Cl.NC1CC2CCCC(C1)C2NC(=O)c1c[nH]c(=O)c(Br)c1. The number of nitrogens with one attached hydrogen (secondary N) is 2. The molecular weight excluding hydrogens is 370 g/mol. The third-order valence-electron chi connectivity index (χ3n) is 4.79. The molecule has 3 rings (SSSR count). The fourth-order valence-electron chi connectivity index (χ4n) is 3.85. The third-order valence-corrected chi connectivity index (χ3v) is 5.38. The molecule has 2 fully saturated rings. The molecule has 5 nitrogen and oxygen atoms in total. The van der Waals surface area contributed by atoms with Crippen LogP contribution in [0.15, 0.2) is 21.5 Å². The van der Waals surface area contributed by atoms with Gasteiger partial charge in [-0.3, -0.25) is 9.59 Å². The Morgan fingerprint density at radius 3 is 2.55 bits per heavy atom. The molecule has 2 bridgehead atoms. The minimum atomic E-state index is -0.230. The van der Waals surface area contributed by atoms with Gasteiger partial charge in [0.15, 0.2) is 0 Å². The first-order chi connectivity index (χ1) is 10.0. The molecule has 1 amide bonds. The maximum Gasteiger partial charge on any atom is 0.262 e. The van der Waals surface area contributed by atoms with Crippen molar-refractivity contribution in [2.24, 2.45) is 17.6 Å². The lowest BCUT2D eigenvalue weighted by atomic mass is 9.67. The molecule has 0 radical (unpaired) electrons. The molecule has 1 heterocycles. The Bertz CT molecular complexity index is 593. The summed E-state index contributed by atoms with van der Waals surface area (Å²) < 4.78 is 0.376. The fraction of sp³-hybridized carbons (Fsp3) is 0.600. The van der Waals surface area contributed by atoms with Crippen molar-refractivity contribution < 1.29 is 4.79 Å². The summed E-state index contributed by atoms with van der Waals surface area (Å²) in [7, 11) is 0. The van der Waals surface area contributed by atoms with Crippen molar-refractivity contribution in [3.63, 3.8) is 0 Å². The van der Waals surface area contributed by atoms with Gasteiger partial charge in [-0.1, -0.05) is 6.42 Å². The van der Waals surface area contributed by atoms with Gasteiger partial charge in [-0.05, 0) is 59.5 Å². The predicted molar refractivity (Wildman–Crippen MR) is 91.3 cm³/mol.